The van der Waals surface area contributed by atoms with E-state index in [1.807, 2.05) is 4.57 Å². The number of carboxylic acids is 1. The van der Waals surface area contributed by atoms with Gasteiger partial charge >= 0.3 is 5.97 Å². The van der Waals surface area contributed by atoms with Gasteiger partial charge in [-0.1, -0.05) is 6.92 Å². The molecule has 1 atom stereocenters. The third kappa shape index (κ3) is 3.29. The lowest BCUT2D eigenvalue weighted by atomic mass is 9.99. The van der Waals surface area contributed by atoms with Gasteiger partial charge in [-0.05, 0) is 63.1 Å². The summed E-state index contributed by atoms with van der Waals surface area (Å²) in [5.74, 6) is -0.923. The maximum absolute atomic E-state index is 15.5. The summed E-state index contributed by atoms with van der Waals surface area (Å²) in [6.07, 6.45) is 6.41. The lowest BCUT2D eigenvalue weighted by Crippen LogP contribution is -2.28. The average molecular weight is 413 g/mol. The van der Waals surface area contributed by atoms with E-state index in [0.717, 1.165) is 69.4 Å². The molecule has 0 bridgehead atoms. The van der Waals surface area contributed by atoms with Crippen molar-refractivity contribution < 1.29 is 14.3 Å². The number of pyridine rings is 1. The zero-order chi connectivity index (χ0) is 21.0. The minimum Gasteiger partial charge on any atom is -0.477 e. The predicted molar refractivity (Wildman–Crippen MR) is 114 cm³/mol. The van der Waals surface area contributed by atoms with E-state index in [1.165, 1.54) is 12.3 Å². The molecule has 2 heterocycles. The van der Waals surface area contributed by atoms with Crippen LogP contribution in [0.3, 0.4) is 0 Å². The second kappa shape index (κ2) is 7.38. The molecule has 1 aromatic heterocycles. The Balaban J connectivity index is 1.69. The van der Waals surface area contributed by atoms with Gasteiger partial charge in [-0.25, -0.2) is 9.18 Å². The van der Waals surface area contributed by atoms with Crippen LogP contribution in [0.4, 0.5) is 10.1 Å². The predicted octanol–water partition coefficient (Wildman–Crippen LogP) is 3.49. The molecule has 2 N–H and O–H groups in total. The summed E-state index contributed by atoms with van der Waals surface area (Å²) in [6, 6.07) is 1.49. The molecule has 6 nitrogen and oxygen atoms in total. The second-order valence-electron chi connectivity index (χ2n) is 9.02. The fraction of sp³-hybridized carbons (Fsp3) is 0.565. The van der Waals surface area contributed by atoms with Crippen LogP contribution < -0.4 is 15.6 Å². The lowest BCUT2D eigenvalue weighted by molar-refractivity contribution is 0.0695. The number of hydrogen-bond acceptors (Lipinski definition) is 4. The zero-order valence-electron chi connectivity index (χ0n) is 17.3. The van der Waals surface area contributed by atoms with Crippen molar-refractivity contribution in [1.29, 1.82) is 0 Å². The summed E-state index contributed by atoms with van der Waals surface area (Å²) in [5, 5.41) is 13.1. The minimum atomic E-state index is -1.25. The van der Waals surface area contributed by atoms with E-state index in [-0.39, 0.29) is 22.9 Å². The van der Waals surface area contributed by atoms with Gasteiger partial charge in [0.05, 0.1) is 11.2 Å². The lowest BCUT2D eigenvalue weighted by Gasteiger charge is -2.26. The molecule has 0 spiro atoms. The monoisotopic (exact) mass is 413 g/mol. The Bertz CT molecular complexity index is 1070. The van der Waals surface area contributed by atoms with Gasteiger partial charge in [0, 0.05) is 36.3 Å². The summed E-state index contributed by atoms with van der Waals surface area (Å²) in [7, 11) is 0. The first-order chi connectivity index (χ1) is 14.5. The summed E-state index contributed by atoms with van der Waals surface area (Å²) in [6.45, 7) is 5.54. The van der Waals surface area contributed by atoms with Gasteiger partial charge in [0.15, 0.2) is 0 Å². The smallest absolute Gasteiger partial charge is 0.341 e. The van der Waals surface area contributed by atoms with E-state index < -0.39 is 17.2 Å². The van der Waals surface area contributed by atoms with Gasteiger partial charge < -0.3 is 19.9 Å². The molecule has 5 rings (SSSR count). The molecule has 1 unspecified atom stereocenters. The van der Waals surface area contributed by atoms with Crippen LogP contribution >= 0.6 is 0 Å². The van der Waals surface area contributed by atoms with Crippen molar-refractivity contribution in [2.45, 2.75) is 51.0 Å². The van der Waals surface area contributed by atoms with Gasteiger partial charge in [0.1, 0.15) is 11.4 Å². The Morgan fingerprint density at radius 1 is 1.27 bits per heavy atom. The topological polar surface area (TPSA) is 74.6 Å². The van der Waals surface area contributed by atoms with Crippen LogP contribution in [0.25, 0.3) is 10.9 Å². The third-order valence-corrected chi connectivity index (χ3v) is 6.72. The van der Waals surface area contributed by atoms with Gasteiger partial charge in [0.25, 0.3) is 0 Å². The van der Waals surface area contributed by atoms with Crippen molar-refractivity contribution >= 4 is 22.6 Å². The van der Waals surface area contributed by atoms with Crippen LogP contribution in [0.15, 0.2) is 17.1 Å². The quantitative estimate of drug-likeness (QED) is 0.727. The first kappa shape index (κ1) is 19.5. The van der Waals surface area contributed by atoms with Crippen molar-refractivity contribution in [3.8, 4) is 0 Å². The van der Waals surface area contributed by atoms with Gasteiger partial charge in [0.2, 0.25) is 5.43 Å². The number of hydrogen-bond donors (Lipinski definition) is 2. The van der Waals surface area contributed by atoms with Gasteiger partial charge in [-0.3, -0.25) is 4.79 Å². The highest BCUT2D eigenvalue weighted by Crippen LogP contribution is 2.50. The summed E-state index contributed by atoms with van der Waals surface area (Å²) in [4.78, 5) is 26.7. The van der Waals surface area contributed by atoms with Gasteiger partial charge in [-0.2, -0.15) is 0 Å². The number of fused-ring (bicyclic) bond motifs is 1. The van der Waals surface area contributed by atoms with Crippen LogP contribution in [0.5, 0.6) is 0 Å². The number of nitrogens with one attached hydrogen (secondary N) is 1. The van der Waals surface area contributed by atoms with Crippen LogP contribution in [-0.4, -0.2) is 41.8 Å². The standard InChI is InChI=1S/C23H28FN3O3/c1-2-25-10-13-7-8-26(11-13)21-18(24)9-16-20(19(21)14-3-4-14)27(15-5-6-15)12-17(22(16)28)23(29)30/h9,12-15,25H,2-8,10-11H2,1H3,(H,29,30). The Kier molecular flexibility index (Phi) is 4.81. The third-order valence-electron chi connectivity index (χ3n) is 6.72. The Morgan fingerprint density at radius 2 is 2.03 bits per heavy atom. The van der Waals surface area contributed by atoms with E-state index in [9.17, 15) is 14.7 Å². The average Bonchev–Trinajstić information content (AvgIpc) is 3.64. The number of halogens is 1. The molecule has 1 aliphatic heterocycles. The van der Waals surface area contributed by atoms with E-state index in [2.05, 4.69) is 17.1 Å². The normalized spacial score (nSPS) is 21.5. The molecule has 1 saturated heterocycles. The zero-order valence-corrected chi connectivity index (χ0v) is 17.3. The molecule has 2 aliphatic carbocycles. The number of aromatic nitrogens is 1. The number of anilines is 1. The highest BCUT2D eigenvalue weighted by molar-refractivity contribution is 5.96. The van der Waals surface area contributed by atoms with Crippen LogP contribution in [-0.2, 0) is 0 Å². The van der Waals surface area contributed by atoms with E-state index in [4.69, 9.17) is 0 Å². The molecule has 30 heavy (non-hydrogen) atoms. The number of carboxylic acid groups (broad SMARTS) is 1. The highest BCUT2D eigenvalue weighted by Gasteiger charge is 2.37. The summed E-state index contributed by atoms with van der Waals surface area (Å²) in [5.41, 5.74) is 1.49. The molecular formula is C23H28FN3O3. The van der Waals surface area contributed by atoms with Crippen LogP contribution in [0, 0.1) is 11.7 Å². The highest BCUT2D eigenvalue weighted by atomic mass is 19.1. The first-order valence-electron chi connectivity index (χ1n) is 11.1. The molecule has 3 fully saturated rings. The number of nitrogens with zero attached hydrogens (tertiary/aromatic N) is 2. The van der Waals surface area contributed by atoms with Crippen molar-refractivity contribution in [3.63, 3.8) is 0 Å². The number of rotatable bonds is 7. The maximum Gasteiger partial charge on any atom is 0.341 e. The van der Waals surface area contributed by atoms with Crippen molar-refractivity contribution in [2.24, 2.45) is 5.92 Å². The first-order valence-corrected chi connectivity index (χ1v) is 11.1. The van der Waals surface area contributed by atoms with Crippen molar-refractivity contribution in [2.75, 3.05) is 31.1 Å². The molecule has 7 heteroatoms. The Hall–Kier alpha value is -2.41. The molecule has 0 amide bonds. The molecule has 1 aromatic carbocycles. The molecular weight excluding hydrogens is 385 g/mol. The number of benzene rings is 1. The van der Waals surface area contributed by atoms with Crippen molar-refractivity contribution in [3.05, 3.63) is 39.4 Å². The summed E-state index contributed by atoms with van der Waals surface area (Å²) < 4.78 is 17.5. The number of carbonyl (C=O) groups is 1. The maximum atomic E-state index is 15.5. The summed E-state index contributed by atoms with van der Waals surface area (Å²) >= 11 is 0. The fourth-order valence-electron chi connectivity index (χ4n) is 4.93. The minimum absolute atomic E-state index is 0.196. The van der Waals surface area contributed by atoms with Crippen molar-refractivity contribution in [1.82, 2.24) is 9.88 Å². The van der Waals surface area contributed by atoms with Crippen LogP contribution in [0.1, 0.15) is 66.9 Å². The SMILES string of the molecule is CCNCC1CCN(c2c(F)cc3c(=O)c(C(=O)O)cn(C4CC4)c3c2C2CC2)C1. The Labute approximate surface area is 174 Å². The number of aromatic carboxylic acids is 1. The second-order valence-corrected chi connectivity index (χ2v) is 9.02. The molecule has 2 aromatic rings. The van der Waals surface area contributed by atoms with Gasteiger partial charge in [-0.15, -0.1) is 0 Å². The van der Waals surface area contributed by atoms with Crippen LogP contribution in [0.2, 0.25) is 0 Å². The van der Waals surface area contributed by atoms with E-state index in [1.54, 1.807) is 0 Å². The molecule has 160 valence electrons. The molecule has 2 saturated carbocycles. The molecule has 3 aliphatic rings. The Morgan fingerprint density at radius 3 is 2.67 bits per heavy atom. The van der Waals surface area contributed by atoms with E-state index in [0.29, 0.717) is 11.6 Å². The molecule has 0 radical (unpaired) electrons. The van der Waals surface area contributed by atoms with E-state index >= 15 is 4.39 Å². The fourth-order valence-corrected chi connectivity index (χ4v) is 4.93. The largest absolute Gasteiger partial charge is 0.477 e.